The van der Waals surface area contributed by atoms with Crippen LogP contribution in [-0.2, 0) is 10.2 Å². The number of amides is 2. The van der Waals surface area contributed by atoms with Crippen LogP contribution >= 0.6 is 11.3 Å². The number of rotatable bonds is 4. The number of nitrogens with zero attached hydrogens (tertiary/aromatic N) is 2. The number of carbonyl (C=O) groups is 2. The van der Waals surface area contributed by atoms with Crippen LogP contribution in [0, 0.1) is 12.8 Å². The van der Waals surface area contributed by atoms with Gasteiger partial charge >= 0.3 is 0 Å². The first kappa shape index (κ1) is 19.5. The Morgan fingerprint density at radius 2 is 1.81 bits per heavy atom. The van der Waals surface area contributed by atoms with Gasteiger partial charge in [-0.15, -0.1) is 0 Å². The van der Waals surface area contributed by atoms with E-state index >= 15 is 0 Å². The maximum Gasteiger partial charge on any atom is 0.265 e. The van der Waals surface area contributed by atoms with Crippen LogP contribution in [0.4, 0.5) is 5.13 Å². The van der Waals surface area contributed by atoms with E-state index in [1.54, 1.807) is 21.0 Å². The zero-order valence-corrected chi connectivity index (χ0v) is 17.6. The van der Waals surface area contributed by atoms with Gasteiger partial charge in [-0.25, -0.2) is 4.98 Å². The fourth-order valence-corrected chi connectivity index (χ4v) is 4.12. The third-order valence-electron chi connectivity index (χ3n) is 4.96. The number of aryl methyl sites for hydroxylation is 1. The summed E-state index contributed by atoms with van der Waals surface area (Å²) in [5, 5.41) is 3.39. The van der Waals surface area contributed by atoms with Crippen molar-refractivity contribution in [2.45, 2.75) is 45.4 Å². The van der Waals surface area contributed by atoms with Crippen LogP contribution in [-0.4, -0.2) is 35.8 Å². The molecule has 5 nitrogen and oxygen atoms in total. The van der Waals surface area contributed by atoms with Gasteiger partial charge in [0.1, 0.15) is 4.88 Å². The Labute approximate surface area is 164 Å². The molecule has 1 aromatic carbocycles. The normalized spacial score (nSPS) is 18.9. The SMILES string of the molecule is Cc1nc(NC(=O)C2CC2c2ccc(C(C)(C)C)cc2)sc1C(=O)N(C)C. The fraction of sp³-hybridized carbons (Fsp3) is 0.476. The van der Waals surface area contributed by atoms with E-state index in [9.17, 15) is 9.59 Å². The van der Waals surface area contributed by atoms with Gasteiger partial charge in [-0.05, 0) is 35.8 Å². The van der Waals surface area contributed by atoms with E-state index in [1.807, 2.05) is 0 Å². The Kier molecular flexibility index (Phi) is 5.12. The number of nitrogens with one attached hydrogen (secondary N) is 1. The Balaban J connectivity index is 1.64. The second-order valence-electron chi connectivity index (χ2n) is 8.44. The highest BCUT2D eigenvalue weighted by Crippen LogP contribution is 2.48. The summed E-state index contributed by atoms with van der Waals surface area (Å²) in [6.07, 6.45) is 0.856. The van der Waals surface area contributed by atoms with E-state index in [0.29, 0.717) is 15.7 Å². The molecule has 1 saturated carbocycles. The average Bonchev–Trinajstić information content (AvgIpc) is 3.31. The lowest BCUT2D eigenvalue weighted by molar-refractivity contribution is -0.117. The molecule has 0 aliphatic heterocycles. The highest BCUT2D eigenvalue weighted by atomic mass is 32.1. The molecule has 6 heteroatoms. The number of benzene rings is 1. The van der Waals surface area contributed by atoms with E-state index in [1.165, 1.54) is 27.4 Å². The molecule has 0 bridgehead atoms. The maximum atomic E-state index is 12.6. The summed E-state index contributed by atoms with van der Waals surface area (Å²) >= 11 is 1.24. The Morgan fingerprint density at radius 1 is 1.19 bits per heavy atom. The van der Waals surface area contributed by atoms with Gasteiger partial charge in [0.25, 0.3) is 5.91 Å². The number of anilines is 1. The fourth-order valence-electron chi connectivity index (χ4n) is 3.13. The molecule has 1 aliphatic rings. The first-order chi connectivity index (χ1) is 12.6. The maximum absolute atomic E-state index is 12.6. The molecule has 3 rings (SSSR count). The summed E-state index contributed by atoms with van der Waals surface area (Å²) in [5.41, 5.74) is 3.29. The van der Waals surface area contributed by atoms with Crippen molar-refractivity contribution in [3.05, 3.63) is 46.0 Å². The van der Waals surface area contributed by atoms with Crippen molar-refractivity contribution in [1.29, 1.82) is 0 Å². The van der Waals surface area contributed by atoms with E-state index < -0.39 is 0 Å². The van der Waals surface area contributed by atoms with Gasteiger partial charge in [0.15, 0.2) is 5.13 Å². The molecule has 1 N–H and O–H groups in total. The number of aromatic nitrogens is 1. The predicted octanol–water partition coefficient (Wildman–Crippen LogP) is 4.19. The molecule has 1 heterocycles. The first-order valence-electron chi connectivity index (χ1n) is 9.18. The van der Waals surface area contributed by atoms with Gasteiger partial charge in [-0.3, -0.25) is 9.59 Å². The van der Waals surface area contributed by atoms with E-state index in [4.69, 9.17) is 0 Å². The van der Waals surface area contributed by atoms with Gasteiger partial charge in [0, 0.05) is 20.0 Å². The Morgan fingerprint density at radius 3 is 2.37 bits per heavy atom. The van der Waals surface area contributed by atoms with Crippen LogP contribution in [0.5, 0.6) is 0 Å². The van der Waals surface area contributed by atoms with Crippen LogP contribution in [0.15, 0.2) is 24.3 Å². The van der Waals surface area contributed by atoms with Crippen molar-refractivity contribution in [3.63, 3.8) is 0 Å². The lowest BCUT2D eigenvalue weighted by Crippen LogP contribution is -2.21. The number of thiazole rings is 1. The molecule has 1 aliphatic carbocycles. The average molecular weight is 386 g/mol. The van der Waals surface area contributed by atoms with Crippen molar-refractivity contribution >= 4 is 28.3 Å². The second-order valence-corrected chi connectivity index (χ2v) is 9.44. The molecule has 2 unspecified atom stereocenters. The minimum atomic E-state index is -0.0891. The predicted molar refractivity (Wildman–Crippen MR) is 109 cm³/mol. The monoisotopic (exact) mass is 385 g/mol. The molecule has 27 heavy (non-hydrogen) atoms. The van der Waals surface area contributed by atoms with Crippen LogP contribution in [0.1, 0.15) is 59.6 Å². The summed E-state index contributed by atoms with van der Waals surface area (Å²) in [7, 11) is 3.42. The van der Waals surface area contributed by atoms with Crippen molar-refractivity contribution in [1.82, 2.24) is 9.88 Å². The third-order valence-corrected chi connectivity index (χ3v) is 6.02. The molecule has 0 radical (unpaired) electrons. The molecule has 2 aromatic rings. The van der Waals surface area contributed by atoms with Crippen molar-refractivity contribution < 1.29 is 9.59 Å². The minimum Gasteiger partial charge on any atom is -0.344 e. The van der Waals surface area contributed by atoms with Gasteiger partial charge in [0.05, 0.1) is 5.69 Å². The summed E-state index contributed by atoms with van der Waals surface area (Å²) in [4.78, 5) is 31.1. The van der Waals surface area contributed by atoms with Crippen LogP contribution < -0.4 is 5.32 Å². The lowest BCUT2D eigenvalue weighted by atomic mass is 9.86. The first-order valence-corrected chi connectivity index (χ1v) is 10.00. The van der Waals surface area contributed by atoms with Crippen molar-refractivity contribution in [2.75, 3.05) is 19.4 Å². The molecule has 0 saturated heterocycles. The van der Waals surface area contributed by atoms with E-state index in [-0.39, 0.29) is 29.1 Å². The van der Waals surface area contributed by atoms with Crippen molar-refractivity contribution in [2.24, 2.45) is 5.92 Å². The zero-order chi connectivity index (χ0) is 19.9. The minimum absolute atomic E-state index is 0.0162. The molecule has 1 aromatic heterocycles. The molecule has 1 fully saturated rings. The highest BCUT2D eigenvalue weighted by Gasteiger charge is 2.44. The van der Waals surface area contributed by atoms with Crippen molar-refractivity contribution in [3.8, 4) is 0 Å². The van der Waals surface area contributed by atoms with E-state index in [0.717, 1.165) is 6.42 Å². The largest absolute Gasteiger partial charge is 0.344 e. The third kappa shape index (κ3) is 4.21. The number of hydrogen-bond acceptors (Lipinski definition) is 4. The smallest absolute Gasteiger partial charge is 0.265 e. The van der Waals surface area contributed by atoms with Gasteiger partial charge in [0.2, 0.25) is 5.91 Å². The number of hydrogen-bond donors (Lipinski definition) is 1. The van der Waals surface area contributed by atoms with E-state index in [2.05, 4.69) is 55.3 Å². The second kappa shape index (κ2) is 7.08. The highest BCUT2D eigenvalue weighted by molar-refractivity contribution is 7.17. The van der Waals surface area contributed by atoms with Crippen LogP contribution in [0.2, 0.25) is 0 Å². The molecule has 2 atom stereocenters. The summed E-state index contributed by atoms with van der Waals surface area (Å²) in [6.45, 7) is 8.38. The molecule has 0 spiro atoms. The summed E-state index contributed by atoms with van der Waals surface area (Å²) in [6, 6.07) is 8.59. The molecule has 144 valence electrons. The Hall–Kier alpha value is -2.21. The van der Waals surface area contributed by atoms with Gasteiger partial charge < -0.3 is 10.2 Å². The summed E-state index contributed by atoms with van der Waals surface area (Å²) < 4.78 is 0. The quantitative estimate of drug-likeness (QED) is 0.858. The summed E-state index contributed by atoms with van der Waals surface area (Å²) in [5.74, 6) is 0.136. The van der Waals surface area contributed by atoms with Crippen LogP contribution in [0.3, 0.4) is 0 Å². The standard InChI is InChI=1S/C21H27N3O2S/c1-12-17(19(26)24(5)6)27-20(22-12)23-18(25)16-11-15(16)13-7-9-14(10-8-13)21(2,3)4/h7-10,15-16H,11H2,1-6H3,(H,22,23,25). The topological polar surface area (TPSA) is 62.3 Å². The van der Waals surface area contributed by atoms with Gasteiger partial charge in [-0.1, -0.05) is 56.4 Å². The lowest BCUT2D eigenvalue weighted by Gasteiger charge is -2.19. The molecular formula is C21H27N3O2S. The zero-order valence-electron chi connectivity index (χ0n) is 16.8. The molecular weight excluding hydrogens is 358 g/mol. The van der Waals surface area contributed by atoms with Gasteiger partial charge in [-0.2, -0.15) is 0 Å². The number of carbonyl (C=O) groups excluding carboxylic acids is 2. The molecule has 2 amide bonds. The van der Waals surface area contributed by atoms with Crippen LogP contribution in [0.25, 0.3) is 0 Å². The Bertz CT molecular complexity index is 863.